The molecule has 0 fully saturated rings. The second-order valence-corrected chi connectivity index (χ2v) is 3.35. The highest BCUT2D eigenvalue weighted by Gasteiger charge is 2.31. The van der Waals surface area contributed by atoms with Gasteiger partial charge in [-0.05, 0) is 23.9 Å². The topological polar surface area (TPSA) is 34.1 Å². The second kappa shape index (κ2) is 2.42. The summed E-state index contributed by atoms with van der Waals surface area (Å²) in [5.41, 5.74) is -0.0764. The summed E-state index contributed by atoms with van der Waals surface area (Å²) in [5.74, 6) is -1.34. The van der Waals surface area contributed by atoms with E-state index in [9.17, 15) is 14.0 Å². The Balaban J connectivity index is 2.70. The molecule has 1 aromatic carbocycles. The van der Waals surface area contributed by atoms with E-state index in [2.05, 4.69) is 0 Å². The Morgan fingerprint density at radius 1 is 1.25 bits per heavy atom. The number of ketones is 1. The van der Waals surface area contributed by atoms with Crippen LogP contribution in [-0.2, 0) is 4.79 Å². The van der Waals surface area contributed by atoms with E-state index < -0.39 is 16.7 Å². The molecule has 4 heteroatoms. The Kier molecular flexibility index (Phi) is 1.51. The number of Topliss-reactive ketones (excluding diaryl/α,β-unsaturated/α-hetero) is 1. The van der Waals surface area contributed by atoms with Gasteiger partial charge in [-0.1, -0.05) is 6.07 Å². The molecule has 60 valence electrons. The van der Waals surface area contributed by atoms with Gasteiger partial charge in [0, 0.05) is 4.90 Å². The van der Waals surface area contributed by atoms with Crippen molar-refractivity contribution in [1.29, 1.82) is 0 Å². The molecule has 0 unspecified atom stereocenters. The molecular weight excluding hydrogens is 179 g/mol. The molecule has 2 nitrogen and oxygen atoms in total. The van der Waals surface area contributed by atoms with E-state index in [1.165, 1.54) is 12.1 Å². The maximum Gasteiger partial charge on any atom is 0.264 e. The minimum absolute atomic E-state index is 0.0764. The summed E-state index contributed by atoms with van der Waals surface area (Å²) < 4.78 is 12.9. The van der Waals surface area contributed by atoms with Crippen molar-refractivity contribution in [3.05, 3.63) is 29.6 Å². The monoisotopic (exact) mass is 182 g/mol. The Morgan fingerprint density at radius 2 is 2.00 bits per heavy atom. The van der Waals surface area contributed by atoms with Crippen molar-refractivity contribution in [2.75, 3.05) is 0 Å². The molecule has 0 aliphatic carbocycles. The van der Waals surface area contributed by atoms with Gasteiger partial charge in [-0.3, -0.25) is 9.59 Å². The molecule has 1 heterocycles. The summed E-state index contributed by atoms with van der Waals surface area (Å²) in [5, 5.41) is -0.602. The molecule has 1 aliphatic rings. The van der Waals surface area contributed by atoms with Gasteiger partial charge in [-0.15, -0.1) is 0 Å². The van der Waals surface area contributed by atoms with E-state index in [1.807, 2.05) is 0 Å². The van der Waals surface area contributed by atoms with E-state index in [0.29, 0.717) is 4.90 Å². The predicted molar refractivity (Wildman–Crippen MR) is 41.6 cm³/mol. The van der Waals surface area contributed by atoms with E-state index in [4.69, 9.17) is 0 Å². The zero-order valence-electron chi connectivity index (χ0n) is 5.83. The van der Waals surface area contributed by atoms with E-state index in [1.54, 1.807) is 6.07 Å². The van der Waals surface area contributed by atoms with Crippen LogP contribution in [0.1, 0.15) is 10.4 Å². The molecule has 0 atom stereocenters. The lowest BCUT2D eigenvalue weighted by atomic mass is 10.1. The van der Waals surface area contributed by atoms with Gasteiger partial charge in [0.2, 0.25) is 5.78 Å². The molecule has 0 saturated carbocycles. The molecule has 0 saturated heterocycles. The minimum atomic E-state index is -0.729. The van der Waals surface area contributed by atoms with Crippen LogP contribution >= 0.6 is 11.8 Å². The second-order valence-electron chi connectivity index (χ2n) is 2.33. The first-order valence-corrected chi connectivity index (χ1v) is 4.07. The third-order valence-electron chi connectivity index (χ3n) is 1.59. The average Bonchev–Trinajstić information content (AvgIpc) is 2.29. The van der Waals surface area contributed by atoms with Crippen molar-refractivity contribution in [2.24, 2.45) is 0 Å². The largest absolute Gasteiger partial charge is 0.284 e. The lowest BCUT2D eigenvalue weighted by molar-refractivity contribution is -0.107. The quantitative estimate of drug-likeness (QED) is 0.572. The first-order chi connectivity index (χ1) is 5.70. The number of carbonyl (C=O) groups is 2. The molecule has 0 aromatic heterocycles. The summed E-state index contributed by atoms with van der Waals surface area (Å²) in [6, 6.07) is 4.22. The Labute approximate surface area is 71.8 Å². The first kappa shape index (κ1) is 7.49. The van der Waals surface area contributed by atoms with Crippen LogP contribution < -0.4 is 0 Å². The summed E-state index contributed by atoms with van der Waals surface area (Å²) in [4.78, 5) is 22.3. The van der Waals surface area contributed by atoms with Crippen molar-refractivity contribution in [3.8, 4) is 0 Å². The number of hydrogen-bond acceptors (Lipinski definition) is 3. The van der Waals surface area contributed by atoms with Crippen molar-refractivity contribution < 1.29 is 14.0 Å². The van der Waals surface area contributed by atoms with Gasteiger partial charge >= 0.3 is 0 Å². The number of halogens is 1. The fourth-order valence-corrected chi connectivity index (χ4v) is 1.89. The van der Waals surface area contributed by atoms with E-state index in [-0.39, 0.29) is 5.56 Å². The average molecular weight is 182 g/mol. The highest BCUT2D eigenvalue weighted by atomic mass is 32.2. The number of thioether (sulfide) groups is 1. The van der Waals surface area contributed by atoms with Gasteiger partial charge in [0.15, 0.2) is 0 Å². The van der Waals surface area contributed by atoms with Crippen LogP contribution in [0.2, 0.25) is 0 Å². The van der Waals surface area contributed by atoms with Crippen LogP contribution in [0.25, 0.3) is 0 Å². The van der Waals surface area contributed by atoms with Gasteiger partial charge in [-0.25, -0.2) is 4.39 Å². The van der Waals surface area contributed by atoms with Crippen LogP contribution in [0.3, 0.4) is 0 Å². The van der Waals surface area contributed by atoms with Crippen molar-refractivity contribution in [1.82, 2.24) is 0 Å². The molecule has 1 aliphatic heterocycles. The van der Waals surface area contributed by atoms with Gasteiger partial charge < -0.3 is 0 Å². The highest BCUT2D eigenvalue weighted by molar-refractivity contribution is 8.16. The van der Waals surface area contributed by atoms with Crippen LogP contribution in [-0.4, -0.2) is 10.9 Å². The smallest absolute Gasteiger partial charge is 0.264 e. The summed E-state index contributed by atoms with van der Waals surface area (Å²) in [6.07, 6.45) is 0. The zero-order valence-corrected chi connectivity index (χ0v) is 6.65. The molecule has 2 rings (SSSR count). The number of rotatable bonds is 0. The van der Waals surface area contributed by atoms with Crippen molar-refractivity contribution in [2.45, 2.75) is 4.90 Å². The standard InChI is InChI=1S/C8H3FO2S/c9-4-2-1-3-5-6(4)7(10)8(11)12-5/h1-3H. The van der Waals surface area contributed by atoms with Gasteiger partial charge in [0.25, 0.3) is 5.12 Å². The van der Waals surface area contributed by atoms with Crippen molar-refractivity contribution in [3.63, 3.8) is 0 Å². The molecule has 0 N–H and O–H groups in total. The molecule has 0 spiro atoms. The normalized spacial score (nSPS) is 15.1. The van der Waals surface area contributed by atoms with E-state index in [0.717, 1.165) is 11.8 Å². The minimum Gasteiger partial charge on any atom is -0.284 e. The molecule has 0 bridgehead atoms. The van der Waals surface area contributed by atoms with E-state index >= 15 is 0 Å². The third kappa shape index (κ3) is 0.881. The lowest BCUT2D eigenvalue weighted by Crippen LogP contribution is -2.04. The number of hydrogen-bond donors (Lipinski definition) is 0. The SMILES string of the molecule is O=C1Sc2cccc(F)c2C1=O. The van der Waals surface area contributed by atoms with Crippen LogP contribution in [0.4, 0.5) is 4.39 Å². The first-order valence-electron chi connectivity index (χ1n) is 3.25. The van der Waals surface area contributed by atoms with Crippen LogP contribution in [0, 0.1) is 5.82 Å². The Morgan fingerprint density at radius 3 is 2.67 bits per heavy atom. The number of carbonyl (C=O) groups excluding carboxylic acids is 2. The van der Waals surface area contributed by atoms with Crippen molar-refractivity contribution >= 4 is 22.7 Å². The third-order valence-corrected chi connectivity index (χ3v) is 2.52. The molecule has 0 amide bonds. The van der Waals surface area contributed by atoms with Gasteiger partial charge in [0.05, 0.1) is 5.56 Å². The summed E-state index contributed by atoms with van der Waals surface area (Å²) >= 11 is 0.785. The maximum atomic E-state index is 12.9. The van der Waals surface area contributed by atoms with Crippen LogP contribution in [0.15, 0.2) is 23.1 Å². The highest BCUT2D eigenvalue weighted by Crippen LogP contribution is 2.33. The number of fused-ring (bicyclic) bond motifs is 1. The molecule has 1 aromatic rings. The summed E-state index contributed by atoms with van der Waals surface area (Å²) in [7, 11) is 0. The molecule has 12 heavy (non-hydrogen) atoms. The zero-order chi connectivity index (χ0) is 8.72. The molecular formula is C8H3FO2S. The Bertz CT molecular complexity index is 387. The Hall–Kier alpha value is -1.16. The maximum absolute atomic E-state index is 12.9. The van der Waals surface area contributed by atoms with Crippen LogP contribution in [0.5, 0.6) is 0 Å². The summed E-state index contributed by atoms with van der Waals surface area (Å²) in [6.45, 7) is 0. The fraction of sp³-hybridized carbons (Fsp3) is 0. The molecule has 0 radical (unpaired) electrons. The fourth-order valence-electron chi connectivity index (χ4n) is 1.06. The lowest BCUT2D eigenvalue weighted by Gasteiger charge is -1.93. The number of benzene rings is 1. The van der Waals surface area contributed by atoms with Gasteiger partial charge in [-0.2, -0.15) is 0 Å². The van der Waals surface area contributed by atoms with Gasteiger partial charge in [0.1, 0.15) is 5.82 Å². The predicted octanol–water partition coefficient (Wildman–Crippen LogP) is 1.64.